The average molecular weight is 199 g/mol. The molecule has 74 valence electrons. The van der Waals surface area contributed by atoms with Crippen molar-refractivity contribution in [3.63, 3.8) is 0 Å². The molecule has 0 bridgehead atoms. The summed E-state index contributed by atoms with van der Waals surface area (Å²) < 4.78 is 0. The average Bonchev–Trinajstić information content (AvgIpc) is 2.57. The Morgan fingerprint density at radius 3 is 3.00 bits per heavy atom. The zero-order valence-corrected chi connectivity index (χ0v) is 9.03. The van der Waals surface area contributed by atoms with Crippen LogP contribution in [0.4, 0.5) is 0 Å². The van der Waals surface area contributed by atoms with Crippen molar-refractivity contribution in [3.8, 4) is 0 Å². The van der Waals surface area contributed by atoms with Gasteiger partial charge in [0.25, 0.3) is 0 Å². The molecule has 1 aromatic rings. The van der Waals surface area contributed by atoms with Crippen LogP contribution >= 0.6 is 11.3 Å². The van der Waals surface area contributed by atoms with Gasteiger partial charge in [-0.2, -0.15) is 0 Å². The van der Waals surface area contributed by atoms with Crippen LogP contribution in [0.15, 0.2) is 10.9 Å². The summed E-state index contributed by atoms with van der Waals surface area (Å²) in [7, 11) is 0. The molecule has 4 heteroatoms. The number of hydrogen-bond donors (Lipinski definition) is 2. The molecule has 0 amide bonds. The van der Waals surface area contributed by atoms with E-state index >= 15 is 0 Å². The lowest BCUT2D eigenvalue weighted by molar-refractivity contribution is 0.415. The monoisotopic (exact) mass is 199 g/mol. The van der Waals surface area contributed by atoms with E-state index in [1.807, 2.05) is 10.9 Å². The summed E-state index contributed by atoms with van der Waals surface area (Å²) in [5.74, 6) is 0. The summed E-state index contributed by atoms with van der Waals surface area (Å²) in [6, 6.07) is 0. The fourth-order valence-corrected chi connectivity index (χ4v) is 1.48. The molecule has 0 aromatic carbocycles. The van der Waals surface area contributed by atoms with Crippen LogP contribution in [-0.4, -0.2) is 17.1 Å². The molecule has 1 heterocycles. The first-order chi connectivity index (χ1) is 6.14. The van der Waals surface area contributed by atoms with Crippen molar-refractivity contribution in [1.29, 1.82) is 0 Å². The van der Waals surface area contributed by atoms with Gasteiger partial charge in [0.05, 0.1) is 11.2 Å². The van der Waals surface area contributed by atoms with E-state index in [1.54, 1.807) is 11.3 Å². The number of nitrogens with two attached hydrogens (primary N) is 1. The highest BCUT2D eigenvalue weighted by Crippen LogP contribution is 2.04. The molecule has 3 nitrogen and oxygen atoms in total. The van der Waals surface area contributed by atoms with Gasteiger partial charge >= 0.3 is 0 Å². The van der Waals surface area contributed by atoms with Crippen LogP contribution in [-0.2, 0) is 6.54 Å². The Morgan fingerprint density at radius 2 is 2.46 bits per heavy atom. The smallest absolute Gasteiger partial charge is 0.0795 e. The first kappa shape index (κ1) is 10.6. The highest BCUT2D eigenvalue weighted by molar-refractivity contribution is 7.07. The molecule has 0 aliphatic carbocycles. The lowest BCUT2D eigenvalue weighted by atomic mass is 10.0. The van der Waals surface area contributed by atoms with Crippen LogP contribution in [0.3, 0.4) is 0 Å². The number of nitrogens with zero attached hydrogens (tertiary/aromatic N) is 1. The molecule has 13 heavy (non-hydrogen) atoms. The molecule has 0 spiro atoms. The molecular formula is C9H17N3S. The van der Waals surface area contributed by atoms with Crippen LogP contribution in [0, 0.1) is 0 Å². The molecular weight excluding hydrogens is 182 g/mol. The number of hydrogen-bond acceptors (Lipinski definition) is 4. The van der Waals surface area contributed by atoms with Crippen molar-refractivity contribution in [2.45, 2.75) is 32.4 Å². The van der Waals surface area contributed by atoms with Gasteiger partial charge in [0.1, 0.15) is 0 Å². The van der Waals surface area contributed by atoms with E-state index in [-0.39, 0.29) is 5.54 Å². The van der Waals surface area contributed by atoms with Crippen LogP contribution < -0.4 is 11.1 Å². The molecule has 1 unspecified atom stereocenters. The van der Waals surface area contributed by atoms with Crippen LogP contribution in [0.5, 0.6) is 0 Å². The van der Waals surface area contributed by atoms with Gasteiger partial charge < -0.3 is 11.1 Å². The second kappa shape index (κ2) is 4.69. The van der Waals surface area contributed by atoms with E-state index in [4.69, 9.17) is 5.73 Å². The quantitative estimate of drug-likeness (QED) is 0.753. The van der Waals surface area contributed by atoms with E-state index in [0.717, 1.165) is 25.2 Å². The summed E-state index contributed by atoms with van der Waals surface area (Å²) in [6.45, 7) is 5.81. The van der Waals surface area contributed by atoms with Gasteiger partial charge in [-0.1, -0.05) is 6.92 Å². The van der Waals surface area contributed by atoms with Crippen molar-refractivity contribution >= 4 is 11.3 Å². The van der Waals surface area contributed by atoms with Crippen LogP contribution in [0.1, 0.15) is 26.0 Å². The van der Waals surface area contributed by atoms with Crippen molar-refractivity contribution in [2.24, 2.45) is 5.73 Å². The Labute approximate surface area is 83.4 Å². The van der Waals surface area contributed by atoms with Gasteiger partial charge in [0, 0.05) is 24.0 Å². The largest absolute Gasteiger partial charge is 0.324 e. The summed E-state index contributed by atoms with van der Waals surface area (Å²) >= 11 is 1.62. The predicted molar refractivity (Wildman–Crippen MR) is 56.7 cm³/mol. The Hall–Kier alpha value is -0.450. The molecule has 0 saturated carbocycles. The van der Waals surface area contributed by atoms with E-state index in [1.165, 1.54) is 0 Å². The Morgan fingerprint density at radius 1 is 1.69 bits per heavy atom. The molecule has 1 rings (SSSR count). The van der Waals surface area contributed by atoms with Crippen LogP contribution in [0.25, 0.3) is 0 Å². The highest BCUT2D eigenvalue weighted by Gasteiger charge is 2.14. The first-order valence-corrected chi connectivity index (χ1v) is 5.45. The molecule has 0 fully saturated rings. The molecule has 0 aliphatic heterocycles. The zero-order chi connectivity index (χ0) is 9.73. The standard InChI is InChI=1S/C9H17N3S/c1-3-9(2,10)6-11-4-8-5-13-7-12-8/h5,7,11H,3-4,6,10H2,1-2H3. The minimum Gasteiger partial charge on any atom is -0.324 e. The van der Waals surface area contributed by atoms with E-state index in [0.29, 0.717) is 0 Å². The molecule has 1 aromatic heterocycles. The summed E-state index contributed by atoms with van der Waals surface area (Å²) in [5, 5.41) is 5.35. The first-order valence-electron chi connectivity index (χ1n) is 4.51. The van der Waals surface area contributed by atoms with Crippen molar-refractivity contribution in [1.82, 2.24) is 10.3 Å². The molecule has 0 aliphatic rings. The topological polar surface area (TPSA) is 50.9 Å². The summed E-state index contributed by atoms with van der Waals surface area (Å²) in [6.07, 6.45) is 0.983. The Kier molecular flexibility index (Phi) is 3.84. The second-order valence-electron chi connectivity index (χ2n) is 3.59. The fourth-order valence-electron chi connectivity index (χ4n) is 0.926. The van der Waals surface area contributed by atoms with Gasteiger partial charge in [-0.25, -0.2) is 4.98 Å². The normalized spacial score (nSPS) is 15.6. The van der Waals surface area contributed by atoms with Gasteiger partial charge in [0.2, 0.25) is 0 Å². The Balaban J connectivity index is 2.21. The predicted octanol–water partition coefficient (Wildman–Crippen LogP) is 1.36. The van der Waals surface area contributed by atoms with Gasteiger partial charge in [-0.15, -0.1) is 11.3 Å². The number of rotatable bonds is 5. The third-order valence-corrected chi connectivity index (χ3v) is 2.76. The van der Waals surface area contributed by atoms with Gasteiger partial charge in [-0.3, -0.25) is 0 Å². The maximum absolute atomic E-state index is 5.98. The van der Waals surface area contributed by atoms with Crippen molar-refractivity contribution in [3.05, 3.63) is 16.6 Å². The Bertz CT molecular complexity index is 231. The minimum absolute atomic E-state index is 0.101. The fraction of sp³-hybridized carbons (Fsp3) is 0.667. The number of aromatic nitrogens is 1. The molecule has 3 N–H and O–H groups in total. The van der Waals surface area contributed by atoms with E-state index in [9.17, 15) is 0 Å². The zero-order valence-electron chi connectivity index (χ0n) is 8.21. The summed E-state index contributed by atoms with van der Waals surface area (Å²) in [4.78, 5) is 4.18. The van der Waals surface area contributed by atoms with E-state index in [2.05, 4.69) is 24.1 Å². The van der Waals surface area contributed by atoms with Gasteiger partial charge in [-0.05, 0) is 13.3 Å². The summed E-state index contributed by atoms with van der Waals surface area (Å²) in [5.41, 5.74) is 8.81. The maximum Gasteiger partial charge on any atom is 0.0795 e. The lowest BCUT2D eigenvalue weighted by Crippen LogP contribution is -2.45. The van der Waals surface area contributed by atoms with Gasteiger partial charge in [0.15, 0.2) is 0 Å². The molecule has 1 atom stereocenters. The van der Waals surface area contributed by atoms with E-state index < -0.39 is 0 Å². The van der Waals surface area contributed by atoms with Crippen molar-refractivity contribution in [2.75, 3.05) is 6.54 Å². The molecule has 0 radical (unpaired) electrons. The lowest BCUT2D eigenvalue weighted by Gasteiger charge is -2.22. The maximum atomic E-state index is 5.98. The third-order valence-electron chi connectivity index (χ3n) is 2.13. The van der Waals surface area contributed by atoms with Crippen LogP contribution in [0.2, 0.25) is 0 Å². The second-order valence-corrected chi connectivity index (χ2v) is 4.31. The minimum atomic E-state index is -0.101. The number of thiazole rings is 1. The SMILES string of the molecule is CCC(C)(N)CNCc1cscn1. The van der Waals surface area contributed by atoms with Crippen molar-refractivity contribution < 1.29 is 0 Å². The third kappa shape index (κ3) is 3.85. The highest BCUT2D eigenvalue weighted by atomic mass is 32.1. The molecule has 0 saturated heterocycles. The number of nitrogens with one attached hydrogen (secondary N) is 1.